The third-order valence-electron chi connectivity index (χ3n) is 7.84. The second-order valence-electron chi connectivity index (χ2n) is 11.3. The van der Waals surface area contributed by atoms with E-state index in [9.17, 15) is 14.4 Å². The number of hydrogen-bond donors (Lipinski definition) is 3. The van der Waals surface area contributed by atoms with Crippen LogP contribution in [0, 0.1) is 6.92 Å². The monoisotopic (exact) mass is 616 g/mol. The number of aryl methyl sites for hydroxylation is 1. The molecule has 240 valence electrons. The first-order valence-electron chi connectivity index (χ1n) is 15.6. The number of piperidine rings is 1. The molecule has 3 N–H and O–H groups in total. The molecule has 1 saturated heterocycles. The summed E-state index contributed by atoms with van der Waals surface area (Å²) in [5, 5.41) is 8.74. The van der Waals surface area contributed by atoms with Crippen molar-refractivity contribution in [2.24, 2.45) is 0 Å². The molecular weight excluding hydrogens is 572 g/mol. The minimum Gasteiger partial charge on any atom is -0.490 e. The highest BCUT2D eigenvalue weighted by Crippen LogP contribution is 2.29. The molecule has 1 unspecified atom stereocenters. The number of urea groups is 1. The highest BCUT2D eigenvalue weighted by atomic mass is 16.6. The zero-order valence-electron chi connectivity index (χ0n) is 26.7. The molecule has 0 aliphatic carbocycles. The number of nitrogens with zero attached hydrogens (tertiary/aromatic N) is 1. The van der Waals surface area contributed by atoms with E-state index >= 15 is 0 Å². The fraction of sp³-hybridized carbons (Fsp3) is 0.400. The highest BCUT2D eigenvalue weighted by molar-refractivity contribution is 6.04. The van der Waals surface area contributed by atoms with Crippen LogP contribution in [0.1, 0.15) is 69.3 Å². The van der Waals surface area contributed by atoms with Crippen LogP contribution in [0.2, 0.25) is 0 Å². The molecule has 4 rings (SSSR count). The molecule has 10 nitrogen and oxygen atoms in total. The van der Waals surface area contributed by atoms with Crippen LogP contribution in [-0.4, -0.2) is 54.3 Å². The number of likely N-dealkylation sites (tertiary alicyclic amines) is 1. The Hall–Kier alpha value is -4.57. The molecule has 0 radical (unpaired) electrons. The predicted molar refractivity (Wildman–Crippen MR) is 175 cm³/mol. The number of rotatable bonds is 12. The first-order valence-corrected chi connectivity index (χ1v) is 15.6. The molecule has 3 aromatic rings. The molecule has 45 heavy (non-hydrogen) atoms. The van der Waals surface area contributed by atoms with E-state index in [0.717, 1.165) is 44.3 Å². The van der Waals surface area contributed by atoms with Crippen molar-refractivity contribution in [1.82, 2.24) is 10.2 Å². The number of anilines is 2. The van der Waals surface area contributed by atoms with Gasteiger partial charge in [0.15, 0.2) is 6.23 Å². The number of nitrogens with one attached hydrogen (secondary N) is 3. The molecule has 0 saturated carbocycles. The molecule has 1 heterocycles. The summed E-state index contributed by atoms with van der Waals surface area (Å²) in [6.07, 6.45) is 3.23. The number of esters is 1. The maximum absolute atomic E-state index is 12.9. The molecular formula is C35H44N4O6. The molecule has 3 amide bonds. The van der Waals surface area contributed by atoms with Gasteiger partial charge in [-0.05, 0) is 112 Å². The fourth-order valence-corrected chi connectivity index (χ4v) is 5.17. The zero-order chi connectivity index (χ0) is 32.3. The van der Waals surface area contributed by atoms with Gasteiger partial charge in [-0.25, -0.2) is 4.79 Å². The Bertz CT molecular complexity index is 1430. The first kappa shape index (κ1) is 33.3. The summed E-state index contributed by atoms with van der Waals surface area (Å²) in [6, 6.07) is 19.7. The van der Waals surface area contributed by atoms with Crippen molar-refractivity contribution in [2.45, 2.75) is 78.7 Å². The predicted octanol–water partition coefficient (Wildman–Crippen LogP) is 7.10. The van der Waals surface area contributed by atoms with Gasteiger partial charge in [-0.3, -0.25) is 14.5 Å². The molecule has 3 aromatic carbocycles. The minimum atomic E-state index is -0.279. The minimum absolute atomic E-state index is 0.0643. The zero-order valence-corrected chi connectivity index (χ0v) is 26.7. The Morgan fingerprint density at radius 1 is 0.867 bits per heavy atom. The van der Waals surface area contributed by atoms with Crippen LogP contribution in [-0.2, 0) is 9.53 Å². The first-order chi connectivity index (χ1) is 21.6. The van der Waals surface area contributed by atoms with Crippen molar-refractivity contribution < 1.29 is 28.6 Å². The maximum Gasteiger partial charge on any atom is 0.319 e. The summed E-state index contributed by atoms with van der Waals surface area (Å²) < 4.78 is 17.5. The van der Waals surface area contributed by atoms with E-state index in [0.29, 0.717) is 34.2 Å². The van der Waals surface area contributed by atoms with Crippen molar-refractivity contribution in [3.63, 3.8) is 0 Å². The van der Waals surface area contributed by atoms with Gasteiger partial charge in [0.1, 0.15) is 23.4 Å². The standard InChI is InChI=1S/C35H44N4O6/c1-6-27(7-2)37-35(42)38-28-10-15-31(16-11-28)45-33-17-12-29(22-23(33)3)36-34(41)26-8-13-30(14-9-26)44-32-18-20-39(21-19-32)24(4)43-25(5)40/h8-17,22,24,27,32H,6-7,18-21H2,1-5H3,(H,36,41)(H2,37,38,42). The fourth-order valence-electron chi connectivity index (χ4n) is 5.17. The van der Waals surface area contributed by atoms with E-state index < -0.39 is 0 Å². The highest BCUT2D eigenvalue weighted by Gasteiger charge is 2.25. The Morgan fingerprint density at radius 2 is 1.49 bits per heavy atom. The summed E-state index contributed by atoms with van der Waals surface area (Å²) in [4.78, 5) is 38.5. The third kappa shape index (κ3) is 9.97. The van der Waals surface area contributed by atoms with Gasteiger partial charge in [-0.1, -0.05) is 13.8 Å². The summed E-state index contributed by atoms with van der Waals surface area (Å²) in [5.41, 5.74) is 2.71. The molecule has 1 aliphatic rings. The maximum atomic E-state index is 12.9. The largest absolute Gasteiger partial charge is 0.490 e. The van der Waals surface area contributed by atoms with Crippen LogP contribution in [0.25, 0.3) is 0 Å². The summed E-state index contributed by atoms with van der Waals surface area (Å²) >= 11 is 0. The Morgan fingerprint density at radius 3 is 2.09 bits per heavy atom. The average molecular weight is 617 g/mol. The Balaban J connectivity index is 1.25. The number of carbonyl (C=O) groups excluding carboxylic acids is 3. The van der Waals surface area contributed by atoms with E-state index in [1.54, 1.807) is 42.5 Å². The SMILES string of the molecule is CCC(CC)NC(=O)Nc1ccc(Oc2ccc(NC(=O)c3ccc(OC4CCN(C(C)OC(C)=O)CC4)cc3)cc2C)cc1. The summed E-state index contributed by atoms with van der Waals surface area (Å²) in [5.74, 6) is 1.50. The lowest BCUT2D eigenvalue weighted by molar-refractivity contribution is -0.156. The second kappa shape index (κ2) is 15.9. The van der Waals surface area contributed by atoms with Crippen molar-refractivity contribution in [2.75, 3.05) is 23.7 Å². The second-order valence-corrected chi connectivity index (χ2v) is 11.3. The van der Waals surface area contributed by atoms with Crippen molar-refractivity contribution in [3.8, 4) is 17.2 Å². The van der Waals surface area contributed by atoms with Crippen molar-refractivity contribution in [1.29, 1.82) is 0 Å². The van der Waals surface area contributed by atoms with Crippen LogP contribution in [0.3, 0.4) is 0 Å². The quantitative estimate of drug-likeness (QED) is 0.186. The van der Waals surface area contributed by atoms with E-state index in [-0.39, 0.29) is 36.3 Å². The lowest BCUT2D eigenvalue weighted by atomic mass is 10.1. The van der Waals surface area contributed by atoms with Gasteiger partial charge in [0, 0.05) is 43.0 Å². The average Bonchev–Trinajstić information content (AvgIpc) is 3.02. The van der Waals surface area contributed by atoms with E-state index in [1.165, 1.54) is 6.92 Å². The molecule has 10 heteroatoms. The lowest BCUT2D eigenvalue weighted by Crippen LogP contribution is -2.44. The molecule has 1 atom stereocenters. The van der Waals surface area contributed by atoms with Crippen LogP contribution < -0.4 is 25.4 Å². The number of hydrogen-bond acceptors (Lipinski definition) is 7. The number of carbonyl (C=O) groups is 3. The van der Waals surface area contributed by atoms with Gasteiger partial charge >= 0.3 is 12.0 Å². The van der Waals surface area contributed by atoms with Gasteiger partial charge in [0.25, 0.3) is 5.91 Å². The molecule has 1 aliphatic heterocycles. The molecule has 0 spiro atoms. The van der Waals surface area contributed by atoms with Crippen LogP contribution >= 0.6 is 0 Å². The summed E-state index contributed by atoms with van der Waals surface area (Å²) in [7, 11) is 0. The smallest absolute Gasteiger partial charge is 0.319 e. The van der Waals surface area contributed by atoms with Crippen molar-refractivity contribution >= 4 is 29.3 Å². The van der Waals surface area contributed by atoms with Crippen LogP contribution in [0.5, 0.6) is 17.2 Å². The number of benzene rings is 3. The topological polar surface area (TPSA) is 118 Å². The van der Waals surface area contributed by atoms with Gasteiger partial charge < -0.3 is 30.2 Å². The van der Waals surface area contributed by atoms with Gasteiger partial charge in [0.05, 0.1) is 0 Å². The Labute approximate surface area is 265 Å². The number of ether oxygens (including phenoxy) is 3. The van der Waals surface area contributed by atoms with Gasteiger partial charge in [0.2, 0.25) is 0 Å². The normalized spacial score (nSPS) is 14.4. The molecule has 0 aromatic heterocycles. The van der Waals surface area contributed by atoms with Crippen LogP contribution in [0.4, 0.5) is 16.2 Å². The van der Waals surface area contributed by atoms with Crippen molar-refractivity contribution in [3.05, 3.63) is 77.9 Å². The summed E-state index contributed by atoms with van der Waals surface area (Å²) in [6.45, 7) is 10.9. The molecule has 0 bridgehead atoms. The van der Waals surface area contributed by atoms with Gasteiger partial charge in [-0.15, -0.1) is 0 Å². The molecule has 1 fully saturated rings. The Kier molecular flexibility index (Phi) is 11.8. The van der Waals surface area contributed by atoms with Crippen LogP contribution in [0.15, 0.2) is 66.7 Å². The number of amides is 3. The van der Waals surface area contributed by atoms with E-state index in [4.69, 9.17) is 14.2 Å². The van der Waals surface area contributed by atoms with E-state index in [2.05, 4.69) is 20.9 Å². The lowest BCUT2D eigenvalue weighted by Gasteiger charge is -2.35. The third-order valence-corrected chi connectivity index (χ3v) is 7.84. The van der Waals surface area contributed by atoms with Gasteiger partial charge in [-0.2, -0.15) is 0 Å². The van der Waals surface area contributed by atoms with E-state index in [1.807, 2.05) is 52.0 Å².